The molecule has 1 N–H and O–H groups in total. The molecule has 4 aromatic rings. The highest BCUT2D eigenvalue weighted by Crippen LogP contribution is 2.23. The van der Waals surface area contributed by atoms with Gasteiger partial charge in [-0.25, -0.2) is 4.98 Å². The summed E-state index contributed by atoms with van der Waals surface area (Å²) in [6.45, 7) is 0. The average Bonchev–Trinajstić information content (AvgIpc) is 3.31. The number of benzene rings is 1. The summed E-state index contributed by atoms with van der Waals surface area (Å²) in [6.07, 6.45) is 1.40. The lowest BCUT2D eigenvalue weighted by molar-refractivity contribution is 0.0981. The van der Waals surface area contributed by atoms with Gasteiger partial charge in [-0.2, -0.15) is 4.68 Å². The molecule has 0 radical (unpaired) electrons. The summed E-state index contributed by atoms with van der Waals surface area (Å²) in [6, 6.07) is 13.9. The van der Waals surface area contributed by atoms with Gasteiger partial charge in [0.15, 0.2) is 11.6 Å². The number of thiophene rings is 1. The molecule has 3 heterocycles. The number of carbonyl (C=O) groups excluding carboxylic acids is 1. The Balaban J connectivity index is 1.92. The molecule has 24 heavy (non-hydrogen) atoms. The summed E-state index contributed by atoms with van der Waals surface area (Å²) in [7, 11) is 0. The van der Waals surface area contributed by atoms with Crippen LogP contribution in [0.2, 0.25) is 0 Å². The molecule has 6 nitrogen and oxygen atoms in total. The molecule has 0 unspecified atom stereocenters. The van der Waals surface area contributed by atoms with Crippen LogP contribution in [0.5, 0.6) is 0 Å². The number of hydrogen-bond acceptors (Lipinski definition) is 5. The summed E-state index contributed by atoms with van der Waals surface area (Å²) < 4.78 is 6.25. The van der Waals surface area contributed by atoms with Crippen molar-refractivity contribution in [1.82, 2.24) is 9.66 Å². The summed E-state index contributed by atoms with van der Waals surface area (Å²) in [4.78, 5) is 30.4. The fourth-order valence-electron chi connectivity index (χ4n) is 2.37. The van der Waals surface area contributed by atoms with E-state index >= 15 is 0 Å². The SMILES string of the molecule is O=C(Nn1c(-c2cccs2)nc2ccccc2c1=O)c1ccco1. The van der Waals surface area contributed by atoms with Gasteiger partial charge in [-0.1, -0.05) is 18.2 Å². The van der Waals surface area contributed by atoms with Gasteiger partial charge in [-0.3, -0.25) is 15.0 Å². The van der Waals surface area contributed by atoms with E-state index in [4.69, 9.17) is 4.42 Å². The highest BCUT2D eigenvalue weighted by atomic mass is 32.1. The van der Waals surface area contributed by atoms with Crippen molar-refractivity contribution in [1.29, 1.82) is 0 Å². The number of hydrogen-bond donors (Lipinski definition) is 1. The molecule has 4 rings (SSSR count). The van der Waals surface area contributed by atoms with E-state index in [0.717, 1.165) is 4.88 Å². The van der Waals surface area contributed by atoms with Crippen molar-refractivity contribution in [3.63, 3.8) is 0 Å². The van der Waals surface area contributed by atoms with Crippen LogP contribution in [0, 0.1) is 0 Å². The first-order valence-electron chi connectivity index (χ1n) is 7.14. The highest BCUT2D eigenvalue weighted by molar-refractivity contribution is 7.13. The Morgan fingerprint density at radius 1 is 1.12 bits per heavy atom. The zero-order chi connectivity index (χ0) is 16.5. The van der Waals surface area contributed by atoms with Crippen molar-refractivity contribution in [2.24, 2.45) is 0 Å². The normalized spacial score (nSPS) is 10.8. The molecule has 1 aromatic carbocycles. The highest BCUT2D eigenvalue weighted by Gasteiger charge is 2.17. The summed E-state index contributed by atoms with van der Waals surface area (Å²) in [5, 5.41) is 2.31. The maximum Gasteiger partial charge on any atom is 0.305 e. The third-order valence-electron chi connectivity index (χ3n) is 3.48. The van der Waals surface area contributed by atoms with Crippen LogP contribution in [0.25, 0.3) is 21.6 Å². The summed E-state index contributed by atoms with van der Waals surface area (Å²) in [5.41, 5.74) is 2.81. The number of carbonyl (C=O) groups is 1. The molecule has 0 atom stereocenters. The standard InChI is InChI=1S/C17H11N3O3S/c21-16(13-7-3-9-23-13)19-20-15(14-8-4-10-24-14)18-12-6-2-1-5-11(12)17(20)22/h1-10H,(H,19,21). The van der Waals surface area contributed by atoms with Crippen molar-refractivity contribution in [2.45, 2.75) is 0 Å². The average molecular weight is 337 g/mol. The van der Waals surface area contributed by atoms with Crippen LogP contribution in [0.1, 0.15) is 10.6 Å². The molecule has 0 aliphatic carbocycles. The van der Waals surface area contributed by atoms with Gasteiger partial charge in [0, 0.05) is 0 Å². The second-order valence-electron chi connectivity index (χ2n) is 4.99. The molecule has 0 aliphatic heterocycles. The molecule has 3 aromatic heterocycles. The molecule has 0 bridgehead atoms. The van der Waals surface area contributed by atoms with Crippen molar-refractivity contribution in [2.75, 3.05) is 5.43 Å². The van der Waals surface area contributed by atoms with Gasteiger partial charge in [0.25, 0.3) is 5.56 Å². The van der Waals surface area contributed by atoms with Crippen molar-refractivity contribution in [3.05, 3.63) is 76.3 Å². The van der Waals surface area contributed by atoms with E-state index in [9.17, 15) is 9.59 Å². The van der Waals surface area contributed by atoms with E-state index in [2.05, 4.69) is 10.4 Å². The van der Waals surface area contributed by atoms with Gasteiger partial charge in [0.1, 0.15) is 0 Å². The molecule has 0 saturated heterocycles. The lowest BCUT2D eigenvalue weighted by atomic mass is 10.2. The van der Waals surface area contributed by atoms with Crippen LogP contribution in [0.15, 0.2) is 69.4 Å². The van der Waals surface area contributed by atoms with Crippen LogP contribution in [-0.4, -0.2) is 15.6 Å². The molecule has 0 spiro atoms. The smallest absolute Gasteiger partial charge is 0.305 e. The minimum atomic E-state index is -0.517. The van der Waals surface area contributed by atoms with E-state index in [0.29, 0.717) is 16.7 Å². The van der Waals surface area contributed by atoms with Gasteiger partial charge in [0.05, 0.1) is 22.0 Å². The first kappa shape index (κ1) is 14.4. The van der Waals surface area contributed by atoms with Crippen LogP contribution in [0.3, 0.4) is 0 Å². The van der Waals surface area contributed by atoms with E-state index in [1.165, 1.54) is 28.3 Å². The fourth-order valence-corrected chi connectivity index (χ4v) is 3.08. The molecule has 1 amide bonds. The number of nitrogens with one attached hydrogen (secondary N) is 1. The number of amides is 1. The van der Waals surface area contributed by atoms with Crippen LogP contribution < -0.4 is 11.0 Å². The quantitative estimate of drug-likeness (QED) is 0.623. The third kappa shape index (κ3) is 2.40. The van der Waals surface area contributed by atoms with Crippen LogP contribution in [-0.2, 0) is 0 Å². The summed E-state index contributed by atoms with van der Waals surface area (Å²) >= 11 is 1.44. The van der Waals surface area contributed by atoms with Gasteiger partial charge in [-0.15, -0.1) is 11.3 Å². The van der Waals surface area contributed by atoms with Gasteiger partial charge >= 0.3 is 5.91 Å². The van der Waals surface area contributed by atoms with E-state index < -0.39 is 5.91 Å². The van der Waals surface area contributed by atoms with Crippen molar-refractivity contribution < 1.29 is 9.21 Å². The molecule has 118 valence electrons. The Morgan fingerprint density at radius 3 is 2.75 bits per heavy atom. The largest absolute Gasteiger partial charge is 0.459 e. The Morgan fingerprint density at radius 2 is 2.00 bits per heavy atom. The van der Waals surface area contributed by atoms with Gasteiger partial charge in [0.2, 0.25) is 0 Å². The molecule has 0 saturated carbocycles. The molecule has 0 aliphatic rings. The van der Waals surface area contributed by atoms with Gasteiger partial charge < -0.3 is 4.42 Å². The molecular weight excluding hydrogens is 326 g/mol. The second kappa shape index (κ2) is 5.78. The second-order valence-corrected chi connectivity index (χ2v) is 5.94. The first-order chi connectivity index (χ1) is 11.7. The Hall–Kier alpha value is -3.19. The Labute approximate surface area is 140 Å². The van der Waals surface area contributed by atoms with Crippen LogP contribution >= 0.6 is 11.3 Å². The minimum absolute atomic E-state index is 0.118. The zero-order valence-corrected chi connectivity index (χ0v) is 13.1. The molecule has 7 heteroatoms. The summed E-state index contributed by atoms with van der Waals surface area (Å²) in [5.74, 6) is -0.0159. The van der Waals surface area contributed by atoms with Crippen molar-refractivity contribution in [3.8, 4) is 10.7 Å². The van der Waals surface area contributed by atoms with E-state index in [1.54, 1.807) is 24.3 Å². The minimum Gasteiger partial charge on any atom is -0.459 e. The fraction of sp³-hybridized carbons (Fsp3) is 0. The maximum atomic E-state index is 12.8. The number of furan rings is 1. The molecule has 0 fully saturated rings. The zero-order valence-electron chi connectivity index (χ0n) is 12.3. The third-order valence-corrected chi connectivity index (χ3v) is 4.34. The Kier molecular flexibility index (Phi) is 3.47. The van der Waals surface area contributed by atoms with E-state index in [1.807, 2.05) is 23.6 Å². The number of nitrogens with zero attached hydrogens (tertiary/aromatic N) is 2. The maximum absolute atomic E-state index is 12.8. The van der Waals surface area contributed by atoms with E-state index in [-0.39, 0.29) is 11.3 Å². The number of para-hydroxylation sites is 1. The lowest BCUT2D eigenvalue weighted by Gasteiger charge is -2.12. The Bertz CT molecular complexity index is 1070. The van der Waals surface area contributed by atoms with Gasteiger partial charge in [-0.05, 0) is 35.7 Å². The predicted octanol–water partition coefficient (Wildman–Crippen LogP) is 3.10. The topological polar surface area (TPSA) is 77.1 Å². The lowest BCUT2D eigenvalue weighted by Crippen LogP contribution is -2.34. The monoisotopic (exact) mass is 337 g/mol. The molecular formula is C17H11N3O3S. The number of fused-ring (bicyclic) bond motifs is 1. The van der Waals surface area contributed by atoms with Crippen molar-refractivity contribution >= 4 is 28.1 Å². The number of rotatable bonds is 3. The van der Waals surface area contributed by atoms with Crippen LogP contribution in [0.4, 0.5) is 0 Å². The predicted molar refractivity (Wildman–Crippen MR) is 91.7 cm³/mol. The number of aromatic nitrogens is 2. The first-order valence-corrected chi connectivity index (χ1v) is 8.02.